The van der Waals surface area contributed by atoms with Crippen molar-refractivity contribution in [3.8, 4) is 33.2 Å². The van der Waals surface area contributed by atoms with Gasteiger partial charge in [-0.25, -0.2) is 9.37 Å². The maximum absolute atomic E-state index is 14.7. The van der Waals surface area contributed by atoms with Crippen LogP contribution in [0.3, 0.4) is 0 Å². The molecule has 4 aromatic rings. The third-order valence-electron chi connectivity index (χ3n) is 4.83. The number of halogens is 5. The monoisotopic (exact) mass is 500 g/mol. The highest BCUT2D eigenvalue weighted by molar-refractivity contribution is 7.13. The van der Waals surface area contributed by atoms with Gasteiger partial charge in [0, 0.05) is 18.1 Å². The Hall–Kier alpha value is -2.76. The van der Waals surface area contributed by atoms with E-state index in [1.807, 2.05) is 0 Å². The number of thiazole rings is 1. The smallest absolute Gasteiger partial charge is 0.390 e. The summed E-state index contributed by atoms with van der Waals surface area (Å²) in [4.78, 5) is 4.17. The number of hydrogen-bond donors (Lipinski definition) is 1. The van der Waals surface area contributed by atoms with E-state index in [2.05, 4.69) is 15.2 Å². The topological polar surface area (TPSA) is 77.0 Å². The first-order valence-electron chi connectivity index (χ1n) is 9.67. The zero-order valence-corrected chi connectivity index (χ0v) is 18.9. The van der Waals surface area contributed by atoms with Crippen LogP contribution in [-0.2, 0) is 12.7 Å². The number of aromatic nitrogens is 4. The second-order valence-corrected chi connectivity index (χ2v) is 9.16. The number of hydrogen-bond acceptors (Lipinski definition) is 6. The van der Waals surface area contributed by atoms with Gasteiger partial charge in [0.1, 0.15) is 16.5 Å². The van der Waals surface area contributed by atoms with Crippen molar-refractivity contribution in [1.29, 1.82) is 0 Å². The first kappa shape index (κ1) is 23.4. The SMILES string of the molecule is CC(C)(O)CCn1ncc(-c2onc(-c3c(F)cccc3Cl)c2-c2nccs2)c1C(F)(F)F. The molecule has 0 fully saturated rings. The Morgan fingerprint density at radius 1 is 1.21 bits per heavy atom. The lowest BCUT2D eigenvalue weighted by atomic mass is 10.0. The molecule has 0 atom stereocenters. The molecule has 1 N–H and O–H groups in total. The van der Waals surface area contributed by atoms with E-state index in [1.54, 1.807) is 5.38 Å². The molecule has 3 aromatic heterocycles. The average Bonchev–Trinajstić information content (AvgIpc) is 3.43. The summed E-state index contributed by atoms with van der Waals surface area (Å²) in [6, 6.07) is 4.01. The number of rotatable bonds is 6. The molecule has 0 spiro atoms. The number of aliphatic hydroxyl groups is 1. The van der Waals surface area contributed by atoms with Crippen LogP contribution in [0.25, 0.3) is 33.2 Å². The fraction of sp³-hybridized carbons (Fsp3) is 0.286. The van der Waals surface area contributed by atoms with Crippen molar-refractivity contribution in [3.63, 3.8) is 0 Å². The molecule has 1 aromatic carbocycles. The lowest BCUT2D eigenvalue weighted by Gasteiger charge is -2.18. The third kappa shape index (κ3) is 4.66. The molecule has 174 valence electrons. The van der Waals surface area contributed by atoms with Crippen molar-refractivity contribution in [2.45, 2.75) is 38.6 Å². The molecule has 0 aliphatic rings. The molecule has 0 amide bonds. The molecule has 0 bridgehead atoms. The van der Waals surface area contributed by atoms with E-state index in [0.717, 1.165) is 28.3 Å². The van der Waals surface area contributed by atoms with Crippen LogP contribution in [0, 0.1) is 5.82 Å². The van der Waals surface area contributed by atoms with Gasteiger partial charge < -0.3 is 9.63 Å². The van der Waals surface area contributed by atoms with Crippen molar-refractivity contribution in [2.75, 3.05) is 0 Å². The number of aryl methyl sites for hydroxylation is 1. The van der Waals surface area contributed by atoms with E-state index in [4.69, 9.17) is 16.1 Å². The van der Waals surface area contributed by atoms with Crippen molar-refractivity contribution in [2.24, 2.45) is 0 Å². The van der Waals surface area contributed by atoms with E-state index >= 15 is 0 Å². The Balaban J connectivity index is 1.94. The Kier molecular flexibility index (Phi) is 6.06. The summed E-state index contributed by atoms with van der Waals surface area (Å²) in [7, 11) is 0. The second-order valence-electron chi connectivity index (χ2n) is 7.86. The zero-order valence-electron chi connectivity index (χ0n) is 17.3. The molecule has 0 aliphatic heterocycles. The lowest BCUT2D eigenvalue weighted by molar-refractivity contribution is -0.144. The highest BCUT2D eigenvalue weighted by Gasteiger charge is 2.41. The summed E-state index contributed by atoms with van der Waals surface area (Å²) >= 11 is 7.31. The summed E-state index contributed by atoms with van der Waals surface area (Å²) in [5.74, 6) is -0.974. The number of nitrogens with zero attached hydrogens (tertiary/aromatic N) is 4. The number of benzene rings is 1. The van der Waals surface area contributed by atoms with E-state index < -0.39 is 23.3 Å². The minimum Gasteiger partial charge on any atom is -0.390 e. The highest BCUT2D eigenvalue weighted by atomic mass is 35.5. The van der Waals surface area contributed by atoms with Gasteiger partial charge in [-0.2, -0.15) is 18.3 Å². The minimum absolute atomic E-state index is 0.0181. The standard InChI is InChI=1S/C21H17ClF4N4O2S/c1-20(2,31)6-8-30-18(21(24,25)26)11(10-28-30)17-15(19-27-7-9-33-19)16(29-32-17)14-12(22)4-3-5-13(14)23/h3-5,7,9-10,31H,6,8H2,1-2H3. The molecule has 4 rings (SSSR count). The molecule has 0 unspecified atom stereocenters. The summed E-state index contributed by atoms with van der Waals surface area (Å²) < 4.78 is 63.1. The molecular formula is C21H17ClF4N4O2S. The van der Waals surface area contributed by atoms with Crippen LogP contribution in [0.2, 0.25) is 5.02 Å². The minimum atomic E-state index is -4.80. The zero-order chi connectivity index (χ0) is 24.0. The predicted octanol–water partition coefficient (Wildman–Crippen LogP) is 6.30. The van der Waals surface area contributed by atoms with E-state index in [-0.39, 0.29) is 51.1 Å². The first-order chi connectivity index (χ1) is 15.5. The van der Waals surface area contributed by atoms with Crippen LogP contribution in [0.15, 0.2) is 40.5 Å². The molecule has 0 radical (unpaired) electrons. The van der Waals surface area contributed by atoms with Crippen LogP contribution in [0.1, 0.15) is 26.0 Å². The fourth-order valence-electron chi connectivity index (χ4n) is 3.31. The van der Waals surface area contributed by atoms with Gasteiger partial charge in [0.2, 0.25) is 0 Å². The third-order valence-corrected chi connectivity index (χ3v) is 5.93. The second kappa shape index (κ2) is 8.54. The van der Waals surface area contributed by atoms with Crippen LogP contribution in [0.4, 0.5) is 17.6 Å². The van der Waals surface area contributed by atoms with Crippen LogP contribution >= 0.6 is 22.9 Å². The van der Waals surface area contributed by atoms with Crippen molar-refractivity contribution < 1.29 is 27.2 Å². The van der Waals surface area contributed by atoms with Crippen molar-refractivity contribution >= 4 is 22.9 Å². The molecule has 0 aliphatic carbocycles. The van der Waals surface area contributed by atoms with Gasteiger partial charge in [-0.1, -0.05) is 22.8 Å². The quantitative estimate of drug-likeness (QED) is 0.314. The highest BCUT2D eigenvalue weighted by Crippen LogP contribution is 2.46. The summed E-state index contributed by atoms with van der Waals surface area (Å²) in [5.41, 5.74) is -2.75. The van der Waals surface area contributed by atoms with Gasteiger partial charge >= 0.3 is 6.18 Å². The largest absolute Gasteiger partial charge is 0.433 e. The van der Waals surface area contributed by atoms with Gasteiger partial charge in [-0.3, -0.25) is 4.68 Å². The average molecular weight is 501 g/mol. The van der Waals surface area contributed by atoms with Crippen molar-refractivity contribution in [1.82, 2.24) is 19.9 Å². The molecule has 6 nitrogen and oxygen atoms in total. The van der Waals surface area contributed by atoms with E-state index in [9.17, 15) is 22.7 Å². The molecular weight excluding hydrogens is 484 g/mol. The molecule has 0 saturated carbocycles. The Morgan fingerprint density at radius 2 is 1.97 bits per heavy atom. The van der Waals surface area contributed by atoms with Crippen LogP contribution in [-0.4, -0.2) is 30.6 Å². The van der Waals surface area contributed by atoms with Gasteiger partial charge in [0.05, 0.1) is 33.5 Å². The van der Waals surface area contributed by atoms with Gasteiger partial charge in [0.15, 0.2) is 11.5 Å². The Morgan fingerprint density at radius 3 is 2.58 bits per heavy atom. The summed E-state index contributed by atoms with van der Waals surface area (Å²) in [6.45, 7) is 2.79. The van der Waals surface area contributed by atoms with Crippen LogP contribution in [0.5, 0.6) is 0 Å². The fourth-order valence-corrected chi connectivity index (χ4v) is 4.25. The Labute approximate surface area is 194 Å². The molecule has 33 heavy (non-hydrogen) atoms. The van der Waals surface area contributed by atoms with Crippen molar-refractivity contribution in [3.05, 3.63) is 52.5 Å². The summed E-state index contributed by atoms with van der Waals surface area (Å²) in [6.07, 6.45) is -2.30. The van der Waals surface area contributed by atoms with Gasteiger partial charge in [-0.05, 0) is 32.4 Å². The summed E-state index contributed by atoms with van der Waals surface area (Å²) in [5, 5.41) is 19.6. The maximum Gasteiger partial charge on any atom is 0.433 e. The molecule has 0 saturated heterocycles. The van der Waals surface area contributed by atoms with E-state index in [0.29, 0.717) is 0 Å². The molecule has 3 heterocycles. The maximum atomic E-state index is 14.7. The lowest BCUT2D eigenvalue weighted by Crippen LogP contribution is -2.24. The number of alkyl halides is 3. The normalized spacial score (nSPS) is 12.5. The van der Waals surface area contributed by atoms with Gasteiger partial charge in [0.25, 0.3) is 0 Å². The Bertz CT molecular complexity index is 1260. The predicted molar refractivity (Wildman–Crippen MR) is 115 cm³/mol. The van der Waals surface area contributed by atoms with Gasteiger partial charge in [-0.15, -0.1) is 11.3 Å². The van der Waals surface area contributed by atoms with Crippen LogP contribution < -0.4 is 0 Å². The molecule has 12 heteroatoms. The first-order valence-corrected chi connectivity index (χ1v) is 10.9. The van der Waals surface area contributed by atoms with E-state index in [1.165, 1.54) is 32.2 Å².